The van der Waals surface area contributed by atoms with E-state index in [1.807, 2.05) is 6.07 Å². The summed E-state index contributed by atoms with van der Waals surface area (Å²) in [5.41, 5.74) is 2.19. The van der Waals surface area contributed by atoms with E-state index in [0.29, 0.717) is 0 Å². The lowest BCUT2D eigenvalue weighted by molar-refractivity contribution is -0.114. The molecule has 0 aromatic heterocycles. The van der Waals surface area contributed by atoms with Crippen molar-refractivity contribution in [3.05, 3.63) is 65.7 Å². The van der Waals surface area contributed by atoms with Gasteiger partial charge in [-0.25, -0.2) is 0 Å². The highest BCUT2D eigenvalue weighted by molar-refractivity contribution is 5.87. The van der Waals surface area contributed by atoms with E-state index in [2.05, 4.69) is 67.3 Å². The highest BCUT2D eigenvalue weighted by Gasteiger charge is 2.50. The Hall–Kier alpha value is -2.72. The lowest BCUT2D eigenvalue weighted by Crippen LogP contribution is -2.57. The van der Waals surface area contributed by atoms with Crippen LogP contribution in [-0.4, -0.2) is 30.5 Å². The van der Waals surface area contributed by atoms with Crippen molar-refractivity contribution in [3.63, 3.8) is 0 Å². The van der Waals surface area contributed by atoms with Crippen LogP contribution in [0.15, 0.2) is 54.6 Å². The number of hydrogen-bond donors (Lipinski definition) is 0. The SMILES string of the molecule is C[C@@H]1[C@@H](c2cccc3ccccc23)c2cc3c(cc2O[C@]1(C)N1CCCC1)OCO3. The van der Waals surface area contributed by atoms with Crippen molar-refractivity contribution >= 4 is 10.8 Å². The molecule has 0 bridgehead atoms. The first-order chi connectivity index (χ1) is 14.6. The van der Waals surface area contributed by atoms with Crippen LogP contribution in [-0.2, 0) is 0 Å². The number of ether oxygens (including phenoxy) is 3. The average Bonchev–Trinajstić information content (AvgIpc) is 3.45. The van der Waals surface area contributed by atoms with Gasteiger partial charge in [0.1, 0.15) is 5.75 Å². The number of likely N-dealkylation sites (tertiary alicyclic amines) is 1. The van der Waals surface area contributed by atoms with E-state index >= 15 is 0 Å². The van der Waals surface area contributed by atoms with Crippen LogP contribution in [0, 0.1) is 5.92 Å². The molecule has 0 unspecified atom stereocenters. The minimum absolute atomic E-state index is 0.208. The van der Waals surface area contributed by atoms with Crippen molar-refractivity contribution in [2.75, 3.05) is 19.9 Å². The van der Waals surface area contributed by atoms with Crippen LogP contribution in [0.4, 0.5) is 0 Å². The smallest absolute Gasteiger partial charge is 0.231 e. The van der Waals surface area contributed by atoms with E-state index in [4.69, 9.17) is 14.2 Å². The van der Waals surface area contributed by atoms with E-state index in [9.17, 15) is 0 Å². The lowest BCUT2D eigenvalue weighted by Gasteiger charge is -2.50. The van der Waals surface area contributed by atoms with Crippen molar-refractivity contribution in [2.45, 2.75) is 38.3 Å². The standard InChI is InChI=1S/C26H27NO3/c1-17-25(20-11-7-9-18-8-3-4-10-19(18)20)21-14-23-24(29-16-28-23)15-22(21)30-26(17,2)27-12-5-6-13-27/h3-4,7-11,14-15,17,25H,5-6,12-13,16H2,1-2H3/t17-,25+,26+/m1/s1. The van der Waals surface area contributed by atoms with Gasteiger partial charge in [0.15, 0.2) is 17.2 Å². The molecule has 3 heterocycles. The third-order valence-electron chi connectivity index (χ3n) is 7.39. The molecule has 4 heteroatoms. The van der Waals surface area contributed by atoms with Gasteiger partial charge in [0.25, 0.3) is 0 Å². The summed E-state index contributed by atoms with van der Waals surface area (Å²) >= 11 is 0. The van der Waals surface area contributed by atoms with Gasteiger partial charge < -0.3 is 14.2 Å². The second kappa shape index (κ2) is 6.64. The van der Waals surface area contributed by atoms with Crippen molar-refractivity contribution in [3.8, 4) is 17.2 Å². The van der Waals surface area contributed by atoms with E-state index in [1.54, 1.807) is 0 Å². The molecule has 3 aliphatic heterocycles. The van der Waals surface area contributed by atoms with Gasteiger partial charge in [-0.3, -0.25) is 4.90 Å². The minimum Gasteiger partial charge on any atom is -0.472 e. The Balaban J connectivity index is 1.58. The lowest BCUT2D eigenvalue weighted by atomic mass is 9.72. The molecule has 0 N–H and O–H groups in total. The van der Waals surface area contributed by atoms with Crippen molar-refractivity contribution in [2.24, 2.45) is 5.92 Å². The first-order valence-corrected chi connectivity index (χ1v) is 11.0. The maximum Gasteiger partial charge on any atom is 0.231 e. The minimum atomic E-state index is -0.362. The van der Waals surface area contributed by atoms with Gasteiger partial charge in [-0.1, -0.05) is 49.4 Å². The fourth-order valence-electron chi connectivity index (χ4n) is 5.64. The number of fused-ring (bicyclic) bond motifs is 3. The first kappa shape index (κ1) is 18.1. The average molecular weight is 402 g/mol. The fraction of sp³-hybridized carbons (Fsp3) is 0.385. The molecule has 1 saturated heterocycles. The zero-order chi connectivity index (χ0) is 20.3. The van der Waals surface area contributed by atoms with Crippen LogP contribution in [0.25, 0.3) is 10.8 Å². The first-order valence-electron chi connectivity index (χ1n) is 11.0. The highest BCUT2D eigenvalue weighted by atomic mass is 16.7. The third-order valence-corrected chi connectivity index (χ3v) is 7.39. The normalized spacial score (nSPS) is 27.8. The zero-order valence-corrected chi connectivity index (χ0v) is 17.6. The summed E-state index contributed by atoms with van der Waals surface area (Å²) in [5, 5.41) is 2.59. The molecular formula is C26H27NO3. The van der Waals surface area contributed by atoms with Crippen molar-refractivity contribution < 1.29 is 14.2 Å². The van der Waals surface area contributed by atoms with Crippen LogP contribution >= 0.6 is 0 Å². The molecule has 1 fully saturated rings. The Labute approximate surface area is 177 Å². The molecule has 4 nitrogen and oxygen atoms in total. The predicted molar refractivity (Wildman–Crippen MR) is 117 cm³/mol. The van der Waals surface area contributed by atoms with E-state index in [1.165, 1.54) is 34.7 Å². The van der Waals surface area contributed by atoms with Gasteiger partial charge in [0, 0.05) is 36.6 Å². The molecule has 30 heavy (non-hydrogen) atoms. The molecule has 0 spiro atoms. The van der Waals surface area contributed by atoms with E-state index in [-0.39, 0.29) is 24.4 Å². The van der Waals surface area contributed by atoms with Crippen molar-refractivity contribution in [1.82, 2.24) is 4.90 Å². The molecule has 3 atom stereocenters. The summed E-state index contributed by atoms with van der Waals surface area (Å²) in [6.45, 7) is 7.06. The molecule has 0 amide bonds. The summed E-state index contributed by atoms with van der Waals surface area (Å²) in [7, 11) is 0. The molecule has 0 radical (unpaired) electrons. The molecule has 3 aromatic rings. The van der Waals surface area contributed by atoms with Crippen LogP contribution in [0.1, 0.15) is 43.7 Å². The number of hydrogen-bond acceptors (Lipinski definition) is 4. The van der Waals surface area contributed by atoms with Crippen LogP contribution < -0.4 is 14.2 Å². The van der Waals surface area contributed by atoms with Gasteiger partial charge >= 0.3 is 0 Å². The van der Waals surface area contributed by atoms with Crippen LogP contribution in [0.2, 0.25) is 0 Å². The van der Waals surface area contributed by atoms with Gasteiger partial charge in [-0.05, 0) is 42.2 Å². The highest BCUT2D eigenvalue weighted by Crippen LogP contribution is 2.54. The second-order valence-electron chi connectivity index (χ2n) is 8.93. The Morgan fingerprint density at radius 3 is 2.43 bits per heavy atom. The Bertz CT molecular complexity index is 1120. The van der Waals surface area contributed by atoms with Crippen LogP contribution in [0.3, 0.4) is 0 Å². The van der Waals surface area contributed by atoms with Crippen molar-refractivity contribution in [1.29, 1.82) is 0 Å². The number of benzene rings is 3. The third kappa shape index (κ3) is 2.56. The summed E-state index contributed by atoms with van der Waals surface area (Å²) in [5.74, 6) is 3.00. The Morgan fingerprint density at radius 1 is 0.867 bits per heavy atom. The summed E-state index contributed by atoms with van der Waals surface area (Å²) in [6.07, 6.45) is 2.47. The quantitative estimate of drug-likeness (QED) is 0.564. The summed E-state index contributed by atoms with van der Waals surface area (Å²) in [6, 6.07) is 19.5. The second-order valence-corrected chi connectivity index (χ2v) is 8.93. The molecular weight excluding hydrogens is 374 g/mol. The van der Waals surface area contributed by atoms with Gasteiger partial charge in [0.05, 0.1) is 0 Å². The Kier molecular flexibility index (Phi) is 4.00. The molecule has 6 rings (SSSR count). The topological polar surface area (TPSA) is 30.9 Å². The Morgan fingerprint density at radius 2 is 1.60 bits per heavy atom. The van der Waals surface area contributed by atoms with Gasteiger partial charge in [0.2, 0.25) is 6.79 Å². The molecule has 3 aliphatic rings. The van der Waals surface area contributed by atoms with Crippen LogP contribution in [0.5, 0.6) is 17.2 Å². The fourth-order valence-corrected chi connectivity index (χ4v) is 5.64. The maximum absolute atomic E-state index is 6.80. The van der Waals surface area contributed by atoms with Gasteiger partial charge in [-0.15, -0.1) is 0 Å². The molecule has 3 aromatic carbocycles. The maximum atomic E-state index is 6.80. The predicted octanol–water partition coefficient (Wildman–Crippen LogP) is 5.54. The van der Waals surface area contributed by atoms with Gasteiger partial charge in [-0.2, -0.15) is 0 Å². The summed E-state index contributed by atoms with van der Waals surface area (Å²) in [4.78, 5) is 2.53. The molecule has 154 valence electrons. The molecule has 0 aliphatic carbocycles. The number of nitrogens with zero attached hydrogens (tertiary/aromatic N) is 1. The largest absolute Gasteiger partial charge is 0.472 e. The monoisotopic (exact) mass is 401 g/mol. The summed E-state index contributed by atoms with van der Waals surface area (Å²) < 4.78 is 18.2. The van der Waals surface area contributed by atoms with E-state index in [0.717, 1.165) is 30.3 Å². The van der Waals surface area contributed by atoms with E-state index < -0.39 is 0 Å². The zero-order valence-electron chi connectivity index (χ0n) is 17.6. The molecule has 0 saturated carbocycles. The number of rotatable bonds is 2.